The summed E-state index contributed by atoms with van der Waals surface area (Å²) in [6, 6.07) is 0.506. The summed E-state index contributed by atoms with van der Waals surface area (Å²) in [5.41, 5.74) is 0. The Kier molecular flexibility index (Phi) is 4.87. The van der Waals surface area contributed by atoms with Crippen LogP contribution in [0.1, 0.15) is 39.5 Å². The maximum Gasteiger partial charge on any atom is 0.317 e. The molecule has 2 atom stereocenters. The minimum Gasteiger partial charge on any atom is -0.333 e. The summed E-state index contributed by atoms with van der Waals surface area (Å²) in [6.45, 7) is 8.54. The Bertz CT molecular complexity index is 274. The molecule has 0 aromatic heterocycles. The molecule has 0 aromatic rings. The van der Waals surface area contributed by atoms with E-state index in [1.54, 1.807) is 0 Å². The summed E-state index contributed by atoms with van der Waals surface area (Å²) >= 11 is 0. The lowest BCUT2D eigenvalue weighted by molar-refractivity contribution is 0.211. The number of hydrogen-bond donors (Lipinski definition) is 2. The zero-order valence-electron chi connectivity index (χ0n) is 11.7. The fourth-order valence-electron chi connectivity index (χ4n) is 3.06. The van der Waals surface area contributed by atoms with E-state index in [0.717, 1.165) is 44.9 Å². The molecule has 4 nitrogen and oxygen atoms in total. The normalized spacial score (nSPS) is 28.8. The second kappa shape index (κ2) is 6.41. The summed E-state index contributed by atoms with van der Waals surface area (Å²) in [5.74, 6) is 1.41. The van der Waals surface area contributed by atoms with Crippen LogP contribution in [0.3, 0.4) is 0 Å². The van der Waals surface area contributed by atoms with Crippen LogP contribution in [0.4, 0.5) is 4.79 Å². The van der Waals surface area contributed by atoms with Crippen LogP contribution in [0.2, 0.25) is 0 Å². The Morgan fingerprint density at radius 2 is 2.28 bits per heavy atom. The summed E-state index contributed by atoms with van der Waals surface area (Å²) in [5, 5.41) is 6.53. The number of piperidine rings is 1. The lowest BCUT2D eigenvalue weighted by atomic mass is 9.96. The van der Waals surface area contributed by atoms with Gasteiger partial charge in [-0.15, -0.1) is 0 Å². The number of amides is 2. The van der Waals surface area contributed by atoms with E-state index in [1.165, 1.54) is 12.8 Å². The molecule has 104 valence electrons. The zero-order valence-corrected chi connectivity index (χ0v) is 11.7. The highest BCUT2D eigenvalue weighted by Gasteiger charge is 2.29. The largest absolute Gasteiger partial charge is 0.333 e. The number of rotatable bonds is 5. The van der Waals surface area contributed by atoms with E-state index in [-0.39, 0.29) is 6.03 Å². The molecule has 2 heterocycles. The molecule has 2 aliphatic rings. The second-order valence-electron chi connectivity index (χ2n) is 6.22. The SMILES string of the molecule is CC(C)CC1CN(CCC2CCCNC2)C(=O)N1. The molecule has 0 spiro atoms. The third-order valence-corrected chi connectivity index (χ3v) is 4.02. The molecule has 0 bridgehead atoms. The van der Waals surface area contributed by atoms with Crippen molar-refractivity contribution in [3.05, 3.63) is 0 Å². The molecular formula is C14H27N3O. The van der Waals surface area contributed by atoms with Gasteiger partial charge < -0.3 is 15.5 Å². The lowest BCUT2D eigenvalue weighted by Crippen LogP contribution is -2.34. The van der Waals surface area contributed by atoms with Gasteiger partial charge in [-0.2, -0.15) is 0 Å². The van der Waals surface area contributed by atoms with Crippen LogP contribution in [0, 0.1) is 11.8 Å². The molecule has 2 amide bonds. The van der Waals surface area contributed by atoms with Gasteiger partial charge in [0.2, 0.25) is 0 Å². The van der Waals surface area contributed by atoms with Gasteiger partial charge in [0.15, 0.2) is 0 Å². The molecular weight excluding hydrogens is 226 g/mol. The topological polar surface area (TPSA) is 44.4 Å². The average Bonchev–Trinajstić information content (AvgIpc) is 2.67. The monoisotopic (exact) mass is 253 g/mol. The van der Waals surface area contributed by atoms with Crippen LogP contribution in [0.15, 0.2) is 0 Å². The van der Waals surface area contributed by atoms with E-state index < -0.39 is 0 Å². The molecule has 2 saturated heterocycles. The van der Waals surface area contributed by atoms with E-state index in [4.69, 9.17) is 0 Å². The number of nitrogens with zero attached hydrogens (tertiary/aromatic N) is 1. The predicted molar refractivity (Wildman–Crippen MR) is 73.6 cm³/mol. The third kappa shape index (κ3) is 3.87. The maximum atomic E-state index is 11.8. The van der Waals surface area contributed by atoms with Gasteiger partial charge in [-0.25, -0.2) is 4.79 Å². The van der Waals surface area contributed by atoms with Crippen molar-refractivity contribution < 1.29 is 4.79 Å². The molecule has 0 radical (unpaired) electrons. The highest BCUT2D eigenvalue weighted by molar-refractivity contribution is 5.76. The average molecular weight is 253 g/mol. The standard InChI is InChI=1S/C14H27N3O/c1-11(2)8-13-10-17(14(18)16-13)7-5-12-4-3-6-15-9-12/h11-13,15H,3-10H2,1-2H3,(H,16,18). The van der Waals surface area contributed by atoms with Crippen LogP contribution < -0.4 is 10.6 Å². The van der Waals surface area contributed by atoms with Gasteiger partial charge >= 0.3 is 6.03 Å². The fraction of sp³-hybridized carbons (Fsp3) is 0.929. The lowest BCUT2D eigenvalue weighted by Gasteiger charge is -2.24. The zero-order chi connectivity index (χ0) is 13.0. The number of carbonyl (C=O) groups excluding carboxylic acids is 1. The highest BCUT2D eigenvalue weighted by atomic mass is 16.2. The van der Waals surface area contributed by atoms with Crippen molar-refractivity contribution in [1.29, 1.82) is 0 Å². The Balaban J connectivity index is 1.71. The quantitative estimate of drug-likeness (QED) is 0.785. The summed E-state index contributed by atoms with van der Waals surface area (Å²) < 4.78 is 0. The van der Waals surface area contributed by atoms with Crippen molar-refractivity contribution in [3.63, 3.8) is 0 Å². The van der Waals surface area contributed by atoms with Crippen molar-refractivity contribution >= 4 is 6.03 Å². The first-order chi connectivity index (χ1) is 8.65. The van der Waals surface area contributed by atoms with Crippen LogP contribution >= 0.6 is 0 Å². The molecule has 2 N–H and O–H groups in total. The fourth-order valence-corrected chi connectivity index (χ4v) is 3.06. The predicted octanol–water partition coefficient (Wildman–Crippen LogP) is 1.82. The van der Waals surface area contributed by atoms with Gasteiger partial charge in [-0.1, -0.05) is 13.8 Å². The first-order valence-electron chi connectivity index (χ1n) is 7.41. The first-order valence-corrected chi connectivity index (χ1v) is 7.41. The van der Waals surface area contributed by atoms with Crippen LogP contribution in [0.25, 0.3) is 0 Å². The number of hydrogen-bond acceptors (Lipinski definition) is 2. The molecule has 2 unspecified atom stereocenters. The molecule has 18 heavy (non-hydrogen) atoms. The summed E-state index contributed by atoms with van der Waals surface area (Å²) in [6.07, 6.45) is 4.84. The van der Waals surface area contributed by atoms with Crippen molar-refractivity contribution in [3.8, 4) is 0 Å². The minimum absolute atomic E-state index is 0.143. The van der Waals surface area contributed by atoms with Crippen LogP contribution in [0.5, 0.6) is 0 Å². The molecule has 2 rings (SSSR count). The number of nitrogens with one attached hydrogen (secondary N) is 2. The summed E-state index contributed by atoms with van der Waals surface area (Å²) in [4.78, 5) is 13.8. The van der Waals surface area contributed by atoms with Gasteiger partial charge in [-0.05, 0) is 50.6 Å². The summed E-state index contributed by atoms with van der Waals surface area (Å²) in [7, 11) is 0. The molecule has 2 aliphatic heterocycles. The van der Waals surface area contributed by atoms with Gasteiger partial charge in [0, 0.05) is 19.1 Å². The number of carbonyl (C=O) groups is 1. The maximum absolute atomic E-state index is 11.8. The highest BCUT2D eigenvalue weighted by Crippen LogP contribution is 2.17. The smallest absolute Gasteiger partial charge is 0.317 e. The van der Waals surface area contributed by atoms with Crippen molar-refractivity contribution in [2.24, 2.45) is 11.8 Å². The molecule has 0 aliphatic carbocycles. The van der Waals surface area contributed by atoms with Gasteiger partial charge in [-0.3, -0.25) is 0 Å². The Hall–Kier alpha value is -0.770. The molecule has 0 aromatic carbocycles. The Morgan fingerprint density at radius 1 is 1.44 bits per heavy atom. The Labute approximate surface area is 110 Å². The van der Waals surface area contributed by atoms with Gasteiger partial charge in [0.25, 0.3) is 0 Å². The third-order valence-electron chi connectivity index (χ3n) is 4.02. The van der Waals surface area contributed by atoms with E-state index in [2.05, 4.69) is 24.5 Å². The van der Waals surface area contributed by atoms with Crippen molar-refractivity contribution in [1.82, 2.24) is 15.5 Å². The number of urea groups is 1. The molecule has 4 heteroatoms. The Morgan fingerprint density at radius 3 is 2.94 bits per heavy atom. The van der Waals surface area contributed by atoms with E-state index in [1.807, 2.05) is 4.90 Å². The van der Waals surface area contributed by atoms with Gasteiger partial charge in [0.05, 0.1) is 0 Å². The van der Waals surface area contributed by atoms with E-state index >= 15 is 0 Å². The minimum atomic E-state index is 0.143. The van der Waals surface area contributed by atoms with E-state index in [9.17, 15) is 4.79 Å². The molecule has 0 saturated carbocycles. The van der Waals surface area contributed by atoms with Crippen LogP contribution in [-0.2, 0) is 0 Å². The first kappa shape index (κ1) is 13.7. The van der Waals surface area contributed by atoms with Crippen molar-refractivity contribution in [2.75, 3.05) is 26.2 Å². The van der Waals surface area contributed by atoms with Crippen LogP contribution in [-0.4, -0.2) is 43.2 Å². The van der Waals surface area contributed by atoms with E-state index in [0.29, 0.717) is 12.0 Å². The van der Waals surface area contributed by atoms with Gasteiger partial charge in [0.1, 0.15) is 0 Å². The molecule has 2 fully saturated rings. The second-order valence-corrected chi connectivity index (χ2v) is 6.22. The van der Waals surface area contributed by atoms with Crippen molar-refractivity contribution in [2.45, 2.75) is 45.6 Å².